The lowest BCUT2D eigenvalue weighted by molar-refractivity contribution is 0.141. The molecule has 0 aliphatic carbocycles. The molecule has 1 aromatic carbocycles. The summed E-state index contributed by atoms with van der Waals surface area (Å²) in [7, 11) is -2.91. The topological polar surface area (TPSA) is 73.8 Å². The van der Waals surface area contributed by atoms with Gasteiger partial charge in [-0.05, 0) is 50.8 Å². The van der Waals surface area contributed by atoms with Crippen LogP contribution in [0.2, 0.25) is 0 Å². The number of benzene rings is 1. The maximum absolute atomic E-state index is 11.8. The number of nitrogens with zero attached hydrogens (tertiary/aromatic N) is 2. The number of hydrogen-bond donors (Lipinski definition) is 2. The molecule has 0 radical (unpaired) electrons. The minimum absolute atomic E-state index is 0.0474. The molecule has 2 aliphatic heterocycles. The average molecular weight is 407 g/mol. The lowest BCUT2D eigenvalue weighted by Gasteiger charge is -2.36. The first-order valence-electron chi connectivity index (χ1n) is 10.5. The van der Waals surface area contributed by atoms with Crippen molar-refractivity contribution in [2.24, 2.45) is 10.9 Å². The van der Waals surface area contributed by atoms with Gasteiger partial charge in [0.25, 0.3) is 0 Å². The van der Waals surface area contributed by atoms with E-state index in [1.165, 1.54) is 18.4 Å². The fourth-order valence-electron chi connectivity index (χ4n) is 4.05. The molecule has 0 saturated carbocycles. The summed E-state index contributed by atoms with van der Waals surface area (Å²) in [5.41, 5.74) is 1.29. The van der Waals surface area contributed by atoms with Gasteiger partial charge >= 0.3 is 0 Å². The van der Waals surface area contributed by atoms with Gasteiger partial charge in [0.05, 0.1) is 24.1 Å². The van der Waals surface area contributed by atoms with Gasteiger partial charge < -0.3 is 10.6 Å². The third-order valence-electron chi connectivity index (χ3n) is 5.78. The van der Waals surface area contributed by atoms with E-state index in [9.17, 15) is 8.42 Å². The maximum Gasteiger partial charge on any atom is 0.191 e. The number of rotatable bonds is 6. The first-order valence-corrected chi connectivity index (χ1v) is 12.3. The van der Waals surface area contributed by atoms with Gasteiger partial charge in [-0.25, -0.2) is 8.42 Å². The first kappa shape index (κ1) is 21.1. The molecular weight excluding hydrogens is 372 g/mol. The molecule has 28 heavy (non-hydrogen) atoms. The van der Waals surface area contributed by atoms with E-state index in [0.717, 1.165) is 31.5 Å². The quantitative estimate of drug-likeness (QED) is 0.560. The van der Waals surface area contributed by atoms with Crippen molar-refractivity contribution >= 4 is 15.8 Å². The van der Waals surface area contributed by atoms with Crippen molar-refractivity contribution in [3.8, 4) is 0 Å². The van der Waals surface area contributed by atoms with E-state index in [1.807, 2.05) is 13.0 Å². The van der Waals surface area contributed by atoms with Crippen molar-refractivity contribution in [1.82, 2.24) is 15.5 Å². The molecule has 2 N–H and O–H groups in total. The van der Waals surface area contributed by atoms with Crippen molar-refractivity contribution in [1.29, 1.82) is 0 Å². The lowest BCUT2D eigenvalue weighted by atomic mass is 9.96. The van der Waals surface area contributed by atoms with Gasteiger partial charge in [-0.2, -0.15) is 0 Å². The van der Waals surface area contributed by atoms with Crippen LogP contribution in [0.3, 0.4) is 0 Å². The van der Waals surface area contributed by atoms with Crippen LogP contribution in [0.25, 0.3) is 0 Å². The summed E-state index contributed by atoms with van der Waals surface area (Å²) in [5, 5.41) is 6.61. The molecule has 2 heterocycles. The highest BCUT2D eigenvalue weighted by atomic mass is 32.2. The number of guanidine groups is 1. The van der Waals surface area contributed by atoms with Gasteiger partial charge in [0, 0.05) is 12.6 Å². The fraction of sp³-hybridized carbons (Fsp3) is 0.667. The van der Waals surface area contributed by atoms with Crippen LogP contribution in [0.4, 0.5) is 0 Å². The lowest BCUT2D eigenvalue weighted by Crippen LogP contribution is -2.44. The van der Waals surface area contributed by atoms with E-state index < -0.39 is 9.84 Å². The van der Waals surface area contributed by atoms with Crippen LogP contribution in [0.15, 0.2) is 35.3 Å². The Morgan fingerprint density at radius 2 is 1.93 bits per heavy atom. The molecule has 2 atom stereocenters. The van der Waals surface area contributed by atoms with Crippen molar-refractivity contribution < 1.29 is 8.42 Å². The monoisotopic (exact) mass is 406 g/mol. The van der Waals surface area contributed by atoms with Crippen LogP contribution in [-0.4, -0.2) is 63.0 Å². The van der Waals surface area contributed by atoms with Crippen LogP contribution in [0.1, 0.15) is 44.7 Å². The van der Waals surface area contributed by atoms with Gasteiger partial charge in [-0.15, -0.1) is 0 Å². The molecule has 0 amide bonds. The molecule has 6 nitrogen and oxygen atoms in total. The van der Waals surface area contributed by atoms with E-state index in [-0.39, 0.29) is 23.6 Å². The molecule has 0 bridgehead atoms. The van der Waals surface area contributed by atoms with Crippen LogP contribution >= 0.6 is 0 Å². The SMILES string of the molecule is CCNC(=NCC(c1ccccc1)N1CCC(C)CC1)NC1CCS(=O)(=O)C1. The smallest absolute Gasteiger partial charge is 0.191 e. The van der Waals surface area contributed by atoms with Crippen molar-refractivity contribution in [2.75, 3.05) is 37.7 Å². The predicted molar refractivity (Wildman–Crippen MR) is 115 cm³/mol. The Labute approximate surface area is 169 Å². The third kappa shape index (κ3) is 5.95. The second-order valence-corrected chi connectivity index (χ2v) is 10.3. The maximum atomic E-state index is 11.8. The predicted octanol–water partition coefficient (Wildman–Crippen LogP) is 2.20. The summed E-state index contributed by atoms with van der Waals surface area (Å²) in [4.78, 5) is 7.40. The van der Waals surface area contributed by atoms with E-state index in [0.29, 0.717) is 13.0 Å². The Morgan fingerprint density at radius 3 is 2.54 bits per heavy atom. The molecule has 2 saturated heterocycles. The van der Waals surface area contributed by atoms with E-state index in [1.54, 1.807) is 0 Å². The number of piperidine rings is 1. The fourth-order valence-corrected chi connectivity index (χ4v) is 5.72. The Balaban J connectivity index is 1.72. The zero-order chi connectivity index (χ0) is 20.0. The zero-order valence-corrected chi connectivity index (χ0v) is 17.9. The zero-order valence-electron chi connectivity index (χ0n) is 17.1. The van der Waals surface area contributed by atoms with E-state index in [4.69, 9.17) is 4.99 Å². The number of likely N-dealkylation sites (tertiary alicyclic amines) is 1. The molecule has 3 rings (SSSR count). The largest absolute Gasteiger partial charge is 0.357 e. The molecule has 7 heteroatoms. The third-order valence-corrected chi connectivity index (χ3v) is 7.55. The second-order valence-electron chi connectivity index (χ2n) is 8.11. The highest BCUT2D eigenvalue weighted by molar-refractivity contribution is 7.91. The summed E-state index contributed by atoms with van der Waals surface area (Å²) in [6.45, 7) is 7.97. The summed E-state index contributed by atoms with van der Waals surface area (Å²) >= 11 is 0. The highest BCUT2D eigenvalue weighted by Gasteiger charge is 2.29. The Bertz CT molecular complexity index is 743. The first-order chi connectivity index (χ1) is 13.5. The number of hydrogen-bond acceptors (Lipinski definition) is 4. The highest BCUT2D eigenvalue weighted by Crippen LogP contribution is 2.27. The van der Waals surface area contributed by atoms with Crippen LogP contribution < -0.4 is 10.6 Å². The van der Waals surface area contributed by atoms with E-state index >= 15 is 0 Å². The summed E-state index contributed by atoms with van der Waals surface area (Å²) < 4.78 is 23.5. The number of nitrogens with one attached hydrogen (secondary N) is 2. The Hall–Kier alpha value is -1.60. The van der Waals surface area contributed by atoms with Gasteiger partial charge in [0.1, 0.15) is 0 Å². The van der Waals surface area contributed by atoms with Gasteiger partial charge in [0.2, 0.25) is 0 Å². The Kier molecular flexibility index (Phi) is 7.35. The van der Waals surface area contributed by atoms with Crippen LogP contribution in [-0.2, 0) is 9.84 Å². The molecule has 0 aromatic heterocycles. The molecule has 2 fully saturated rings. The average Bonchev–Trinajstić information content (AvgIpc) is 3.02. The van der Waals surface area contributed by atoms with Gasteiger partial charge in [-0.3, -0.25) is 9.89 Å². The summed E-state index contributed by atoms with van der Waals surface area (Å²) in [6.07, 6.45) is 3.11. The normalized spacial score (nSPS) is 24.8. The van der Waals surface area contributed by atoms with Crippen molar-refractivity contribution in [3.05, 3.63) is 35.9 Å². The van der Waals surface area contributed by atoms with Gasteiger partial charge in [0.15, 0.2) is 15.8 Å². The second kappa shape index (κ2) is 9.74. The molecule has 2 aliphatic rings. The molecule has 156 valence electrons. The van der Waals surface area contributed by atoms with Crippen LogP contribution in [0, 0.1) is 5.92 Å². The van der Waals surface area contributed by atoms with Crippen molar-refractivity contribution in [3.63, 3.8) is 0 Å². The molecule has 0 spiro atoms. The van der Waals surface area contributed by atoms with E-state index in [2.05, 4.69) is 46.7 Å². The minimum atomic E-state index is -2.91. The number of aliphatic imine (C=N–C) groups is 1. The Morgan fingerprint density at radius 1 is 1.21 bits per heavy atom. The molecule has 1 aromatic rings. The standard InChI is InChI=1S/C21H34N4O2S/c1-3-22-21(24-19-11-14-28(26,27)16-19)23-15-20(18-7-5-4-6-8-18)25-12-9-17(2)10-13-25/h4-8,17,19-20H,3,9-16H2,1-2H3,(H2,22,23,24). The summed E-state index contributed by atoms with van der Waals surface area (Å²) in [6, 6.07) is 10.8. The summed E-state index contributed by atoms with van der Waals surface area (Å²) in [5.74, 6) is 1.97. The molecule has 2 unspecified atom stereocenters. The van der Waals surface area contributed by atoms with Gasteiger partial charge in [-0.1, -0.05) is 37.3 Å². The number of sulfone groups is 1. The minimum Gasteiger partial charge on any atom is -0.357 e. The van der Waals surface area contributed by atoms with Crippen LogP contribution in [0.5, 0.6) is 0 Å². The van der Waals surface area contributed by atoms with Crippen molar-refractivity contribution in [2.45, 2.75) is 45.2 Å². The molecular formula is C21H34N4O2S.